The van der Waals surface area contributed by atoms with Crippen LogP contribution >= 0.6 is 0 Å². The molecule has 25 heavy (non-hydrogen) atoms. The second kappa shape index (κ2) is 7.39. The molecule has 0 aromatic carbocycles. The van der Waals surface area contributed by atoms with Crippen molar-refractivity contribution in [2.45, 2.75) is 6.10 Å². The Morgan fingerprint density at radius 3 is 2.92 bits per heavy atom. The Morgan fingerprint density at radius 1 is 1.36 bits per heavy atom. The fraction of sp³-hybridized carbons (Fsp3) is 0.375. The molecular formula is C16H19FN6O2. The number of urea groups is 1. The van der Waals surface area contributed by atoms with Crippen molar-refractivity contribution in [2.24, 2.45) is 0 Å². The monoisotopic (exact) mass is 346 g/mol. The first-order valence-electron chi connectivity index (χ1n) is 7.82. The van der Waals surface area contributed by atoms with Crippen molar-refractivity contribution >= 4 is 17.8 Å². The summed E-state index contributed by atoms with van der Waals surface area (Å²) in [5.41, 5.74) is 0.719. The van der Waals surface area contributed by atoms with Crippen LogP contribution in [0.15, 0.2) is 30.6 Å². The van der Waals surface area contributed by atoms with Crippen LogP contribution in [0, 0.1) is 5.82 Å². The number of rotatable bonds is 3. The van der Waals surface area contributed by atoms with Gasteiger partial charge in [0, 0.05) is 26.8 Å². The van der Waals surface area contributed by atoms with Crippen LogP contribution in [-0.2, 0) is 4.74 Å². The Kier molecular flexibility index (Phi) is 5.03. The number of hydrogen-bond acceptors (Lipinski definition) is 6. The van der Waals surface area contributed by atoms with E-state index in [1.54, 1.807) is 22.1 Å². The third kappa shape index (κ3) is 4.18. The minimum absolute atomic E-state index is 0.298. The number of aromatic nitrogens is 3. The highest BCUT2D eigenvalue weighted by Gasteiger charge is 2.27. The van der Waals surface area contributed by atoms with E-state index in [-0.39, 0.29) is 12.1 Å². The highest BCUT2D eigenvalue weighted by Crippen LogP contribution is 2.22. The maximum Gasteiger partial charge on any atom is 0.323 e. The van der Waals surface area contributed by atoms with Crippen LogP contribution in [-0.4, -0.2) is 59.7 Å². The molecule has 0 unspecified atom stereocenters. The summed E-state index contributed by atoms with van der Waals surface area (Å²) in [4.78, 5) is 28.3. The molecule has 0 bridgehead atoms. The number of morpholine rings is 1. The lowest BCUT2D eigenvalue weighted by Gasteiger charge is -2.32. The molecule has 0 radical (unpaired) electrons. The topological polar surface area (TPSA) is 83.5 Å². The van der Waals surface area contributed by atoms with Crippen LogP contribution in [0.25, 0.3) is 0 Å². The summed E-state index contributed by atoms with van der Waals surface area (Å²) in [6, 6.07) is 4.13. The first kappa shape index (κ1) is 17.0. The van der Waals surface area contributed by atoms with Crippen molar-refractivity contribution in [3.63, 3.8) is 0 Å². The smallest absolute Gasteiger partial charge is 0.323 e. The molecule has 9 heteroatoms. The molecule has 0 aliphatic carbocycles. The van der Waals surface area contributed by atoms with E-state index in [0.29, 0.717) is 31.5 Å². The van der Waals surface area contributed by atoms with Crippen molar-refractivity contribution in [1.29, 1.82) is 0 Å². The number of carbonyl (C=O) groups excluding carboxylic acids is 1. The predicted molar refractivity (Wildman–Crippen MR) is 89.8 cm³/mol. The van der Waals surface area contributed by atoms with Crippen molar-refractivity contribution in [2.75, 3.05) is 44.0 Å². The van der Waals surface area contributed by atoms with Gasteiger partial charge < -0.3 is 14.5 Å². The lowest BCUT2D eigenvalue weighted by atomic mass is 10.2. The van der Waals surface area contributed by atoms with Gasteiger partial charge in [0.2, 0.25) is 5.95 Å². The Morgan fingerprint density at radius 2 is 2.20 bits per heavy atom. The molecule has 2 aromatic heterocycles. The molecular weight excluding hydrogens is 327 g/mol. The summed E-state index contributed by atoms with van der Waals surface area (Å²) in [5, 5.41) is 2.65. The molecule has 2 amide bonds. The molecule has 3 rings (SSSR count). The molecule has 0 spiro atoms. The van der Waals surface area contributed by atoms with Crippen molar-refractivity contribution in [3.05, 3.63) is 42.1 Å². The summed E-state index contributed by atoms with van der Waals surface area (Å²) >= 11 is 0. The van der Waals surface area contributed by atoms with E-state index in [9.17, 15) is 9.18 Å². The van der Waals surface area contributed by atoms with Crippen LogP contribution in [0.4, 0.5) is 21.0 Å². The summed E-state index contributed by atoms with van der Waals surface area (Å²) in [6.07, 6.45) is 2.39. The number of nitrogens with one attached hydrogen (secondary N) is 1. The van der Waals surface area contributed by atoms with Gasteiger partial charge in [-0.1, -0.05) is 0 Å². The maximum atomic E-state index is 12.9. The zero-order valence-electron chi connectivity index (χ0n) is 14.0. The van der Waals surface area contributed by atoms with E-state index >= 15 is 0 Å². The molecule has 1 saturated heterocycles. The third-order valence-corrected chi connectivity index (χ3v) is 3.71. The quantitative estimate of drug-likeness (QED) is 0.910. The number of pyridine rings is 1. The van der Waals surface area contributed by atoms with Gasteiger partial charge in [0.15, 0.2) is 0 Å². The average Bonchev–Trinajstić information content (AvgIpc) is 2.64. The fourth-order valence-electron chi connectivity index (χ4n) is 2.41. The zero-order valence-corrected chi connectivity index (χ0v) is 14.0. The highest BCUT2D eigenvalue weighted by atomic mass is 19.1. The van der Waals surface area contributed by atoms with E-state index < -0.39 is 5.82 Å². The molecule has 8 nitrogen and oxygen atoms in total. The van der Waals surface area contributed by atoms with Gasteiger partial charge in [-0.3, -0.25) is 5.32 Å². The average molecular weight is 346 g/mol. The molecule has 1 fully saturated rings. The molecule has 1 N–H and O–H groups in total. The molecule has 132 valence electrons. The molecule has 0 saturated carbocycles. The minimum atomic E-state index is -0.454. The van der Waals surface area contributed by atoms with Crippen LogP contribution in [0.2, 0.25) is 0 Å². The minimum Gasteiger partial charge on any atom is -0.368 e. The third-order valence-electron chi connectivity index (χ3n) is 3.71. The van der Waals surface area contributed by atoms with Gasteiger partial charge in [0.05, 0.1) is 25.0 Å². The second-order valence-corrected chi connectivity index (χ2v) is 5.77. The van der Waals surface area contributed by atoms with Gasteiger partial charge in [-0.2, -0.15) is 0 Å². The Bertz CT molecular complexity index is 740. The summed E-state index contributed by atoms with van der Waals surface area (Å²) in [5.74, 6) is 0.425. The summed E-state index contributed by atoms with van der Waals surface area (Å²) in [6.45, 7) is 1.21. The molecule has 1 aliphatic rings. The van der Waals surface area contributed by atoms with Crippen molar-refractivity contribution < 1.29 is 13.9 Å². The van der Waals surface area contributed by atoms with Gasteiger partial charge in [-0.25, -0.2) is 24.1 Å². The largest absolute Gasteiger partial charge is 0.368 e. The van der Waals surface area contributed by atoms with Crippen molar-refractivity contribution in [1.82, 2.24) is 19.9 Å². The summed E-state index contributed by atoms with van der Waals surface area (Å²) < 4.78 is 18.6. The Balaban J connectivity index is 1.67. The standard InChI is InChI=1S/C16H19FN6O2/c1-22(2)15-18-6-5-12(20-15)13-10-23(7-8-25-13)16(24)21-14-4-3-11(17)9-19-14/h3-6,9,13H,7-8,10H2,1-2H3,(H,19,21,24)/t13-/m0/s1. The van der Waals surface area contributed by atoms with E-state index in [2.05, 4.69) is 20.3 Å². The van der Waals surface area contributed by atoms with Crippen LogP contribution in [0.3, 0.4) is 0 Å². The van der Waals surface area contributed by atoms with E-state index in [1.807, 2.05) is 14.1 Å². The lowest BCUT2D eigenvalue weighted by molar-refractivity contribution is -0.0157. The Labute approximate surface area is 144 Å². The summed E-state index contributed by atoms with van der Waals surface area (Å²) in [7, 11) is 3.71. The number of anilines is 2. The van der Waals surface area contributed by atoms with Crippen LogP contribution < -0.4 is 10.2 Å². The zero-order chi connectivity index (χ0) is 17.8. The van der Waals surface area contributed by atoms with Gasteiger partial charge in [0.25, 0.3) is 0 Å². The van der Waals surface area contributed by atoms with E-state index in [0.717, 1.165) is 11.9 Å². The number of amides is 2. The van der Waals surface area contributed by atoms with Crippen LogP contribution in [0.1, 0.15) is 11.8 Å². The van der Waals surface area contributed by atoms with Gasteiger partial charge in [-0.15, -0.1) is 0 Å². The molecule has 3 heterocycles. The van der Waals surface area contributed by atoms with Crippen molar-refractivity contribution in [3.8, 4) is 0 Å². The lowest BCUT2D eigenvalue weighted by Crippen LogP contribution is -2.44. The highest BCUT2D eigenvalue weighted by molar-refractivity contribution is 5.88. The van der Waals surface area contributed by atoms with Crippen LogP contribution in [0.5, 0.6) is 0 Å². The number of nitrogens with zero attached hydrogens (tertiary/aromatic N) is 5. The first-order chi connectivity index (χ1) is 12.0. The van der Waals surface area contributed by atoms with E-state index in [1.165, 1.54) is 12.1 Å². The molecule has 1 atom stereocenters. The normalized spacial score (nSPS) is 17.2. The first-order valence-corrected chi connectivity index (χ1v) is 7.82. The molecule has 2 aromatic rings. The number of hydrogen-bond donors (Lipinski definition) is 1. The van der Waals surface area contributed by atoms with Gasteiger partial charge in [0.1, 0.15) is 17.7 Å². The second-order valence-electron chi connectivity index (χ2n) is 5.77. The SMILES string of the molecule is CN(C)c1nccc([C@@H]2CN(C(=O)Nc3ccc(F)cn3)CCO2)n1. The van der Waals surface area contributed by atoms with E-state index in [4.69, 9.17) is 4.74 Å². The van der Waals surface area contributed by atoms with Gasteiger partial charge >= 0.3 is 6.03 Å². The van der Waals surface area contributed by atoms with Gasteiger partial charge in [-0.05, 0) is 18.2 Å². The number of ether oxygens (including phenoxy) is 1. The fourth-order valence-corrected chi connectivity index (χ4v) is 2.41. The number of halogens is 1. The molecule has 1 aliphatic heterocycles. The predicted octanol–water partition coefficient (Wildman–Crippen LogP) is 1.68. The maximum absolute atomic E-state index is 12.9. The Hall–Kier alpha value is -2.81. The number of carbonyl (C=O) groups is 1.